The highest BCUT2D eigenvalue weighted by Crippen LogP contribution is 2.65. The van der Waals surface area contributed by atoms with Gasteiger partial charge in [-0.2, -0.15) is 0 Å². The van der Waals surface area contributed by atoms with Crippen molar-refractivity contribution in [2.24, 2.45) is 5.41 Å². The predicted molar refractivity (Wildman–Crippen MR) is 170 cm³/mol. The Labute approximate surface area is 250 Å². The van der Waals surface area contributed by atoms with Crippen molar-refractivity contribution in [3.8, 4) is 0 Å². The Morgan fingerprint density at radius 3 is 2.29 bits per heavy atom. The second-order valence-electron chi connectivity index (χ2n) is 12.8. The number of hydrogen-bond donors (Lipinski definition) is 0. The molecule has 0 saturated heterocycles. The second kappa shape index (κ2) is 9.26. The summed E-state index contributed by atoms with van der Waals surface area (Å²) >= 11 is 0. The zero-order chi connectivity index (χ0) is 29.4. The van der Waals surface area contributed by atoms with Gasteiger partial charge in [0.05, 0.1) is 5.76 Å². The molecule has 0 amide bonds. The molecule has 5 aliphatic rings. The molecule has 2 aromatic carbocycles. The van der Waals surface area contributed by atoms with E-state index in [1.54, 1.807) is 0 Å². The van der Waals surface area contributed by atoms with Crippen molar-refractivity contribution in [3.05, 3.63) is 141 Å². The molecule has 1 unspecified atom stereocenters. The van der Waals surface area contributed by atoms with Crippen LogP contribution in [0.25, 0.3) is 11.1 Å². The van der Waals surface area contributed by atoms with E-state index in [-0.39, 0.29) is 5.41 Å². The van der Waals surface area contributed by atoms with Crippen LogP contribution in [0.2, 0.25) is 0 Å². The quantitative estimate of drug-likeness (QED) is 0.343. The molecular formula is C39H40O3. The molecule has 1 atom stereocenters. The average Bonchev–Trinajstić information content (AvgIpc) is 3.60. The first-order chi connectivity index (χ1) is 20.1. The molecule has 3 nitrogen and oxygen atoms in total. The number of hydrogen-bond acceptors (Lipinski definition) is 3. The monoisotopic (exact) mass is 556 g/mol. The third-order valence-electron chi connectivity index (χ3n) is 10.4. The van der Waals surface area contributed by atoms with Crippen molar-refractivity contribution in [2.45, 2.75) is 78.6 Å². The van der Waals surface area contributed by atoms with E-state index in [0.717, 1.165) is 59.7 Å². The number of fused-ring (bicyclic) bond motifs is 6. The molecule has 2 aliphatic heterocycles. The van der Waals surface area contributed by atoms with E-state index in [9.17, 15) is 0 Å². The summed E-state index contributed by atoms with van der Waals surface area (Å²) in [4.78, 5) is 0. The maximum Gasteiger partial charge on any atom is 0.305 e. The van der Waals surface area contributed by atoms with E-state index >= 15 is 0 Å². The van der Waals surface area contributed by atoms with Crippen LogP contribution in [-0.2, 0) is 25.6 Å². The van der Waals surface area contributed by atoms with E-state index in [1.807, 2.05) is 19.9 Å². The van der Waals surface area contributed by atoms with Gasteiger partial charge in [0.25, 0.3) is 0 Å². The average molecular weight is 557 g/mol. The summed E-state index contributed by atoms with van der Waals surface area (Å²) in [5.74, 6) is 1.81. The molecule has 3 heteroatoms. The van der Waals surface area contributed by atoms with Crippen molar-refractivity contribution < 1.29 is 14.2 Å². The molecule has 0 radical (unpaired) electrons. The lowest BCUT2D eigenvalue weighted by atomic mass is 9.66. The fraction of sp³-hybridized carbons (Fsp3) is 0.333. The van der Waals surface area contributed by atoms with Crippen molar-refractivity contribution in [3.63, 3.8) is 0 Å². The van der Waals surface area contributed by atoms with Gasteiger partial charge in [-0.05, 0) is 74.8 Å². The Kier molecular flexibility index (Phi) is 5.93. The summed E-state index contributed by atoms with van der Waals surface area (Å²) in [7, 11) is 0. The van der Waals surface area contributed by atoms with E-state index in [0.29, 0.717) is 0 Å². The van der Waals surface area contributed by atoms with E-state index < -0.39 is 11.4 Å². The van der Waals surface area contributed by atoms with Gasteiger partial charge in [-0.15, -0.1) is 0 Å². The standard InChI is InChI=1S/C39H40O3/c1-24(20-22-32-25(2)29-14-8-13-19-35(29)39(32)40-27(4)28(5)41-39)21-23-36-26(3)37(6,7)38(42-36)33-17-11-9-15-30(33)31-16-10-12-18-34(31)38/h8-9,11-15,17-20,22H,1,10,16,21,23H2,2-7H3. The Morgan fingerprint density at radius 2 is 1.55 bits per heavy atom. The highest BCUT2D eigenvalue weighted by molar-refractivity contribution is 5.84. The lowest BCUT2D eigenvalue weighted by Gasteiger charge is -2.41. The van der Waals surface area contributed by atoms with Crippen molar-refractivity contribution in [1.82, 2.24) is 0 Å². The first kappa shape index (κ1) is 26.9. The molecule has 0 aromatic heterocycles. The summed E-state index contributed by atoms with van der Waals surface area (Å²) < 4.78 is 20.1. The lowest BCUT2D eigenvalue weighted by molar-refractivity contribution is -0.124. The molecule has 7 rings (SSSR count). The normalized spacial score (nSPS) is 24.5. The van der Waals surface area contributed by atoms with E-state index in [2.05, 4.69) is 101 Å². The third kappa shape index (κ3) is 3.46. The van der Waals surface area contributed by atoms with Crippen molar-refractivity contribution in [1.29, 1.82) is 0 Å². The maximum atomic E-state index is 7.17. The maximum absolute atomic E-state index is 7.17. The van der Waals surface area contributed by atoms with Crippen LogP contribution in [-0.4, -0.2) is 0 Å². The molecule has 0 bridgehead atoms. The van der Waals surface area contributed by atoms with Crippen LogP contribution < -0.4 is 0 Å². The van der Waals surface area contributed by atoms with Gasteiger partial charge in [0, 0.05) is 34.1 Å². The van der Waals surface area contributed by atoms with Crippen molar-refractivity contribution >= 4 is 11.1 Å². The van der Waals surface area contributed by atoms with Crippen LogP contribution in [0.3, 0.4) is 0 Å². The minimum absolute atomic E-state index is 0.168. The lowest BCUT2D eigenvalue weighted by Crippen LogP contribution is -2.40. The topological polar surface area (TPSA) is 27.7 Å². The Bertz CT molecular complexity index is 1720. The first-order valence-corrected chi connectivity index (χ1v) is 15.2. The fourth-order valence-electron chi connectivity index (χ4n) is 7.74. The summed E-state index contributed by atoms with van der Waals surface area (Å²) in [5.41, 5.74) is 11.6. The minimum atomic E-state index is -0.926. The summed E-state index contributed by atoms with van der Waals surface area (Å²) in [6.45, 7) is 17.5. The molecule has 214 valence electrons. The zero-order valence-electron chi connectivity index (χ0n) is 25.7. The second-order valence-corrected chi connectivity index (χ2v) is 12.8. The molecular weight excluding hydrogens is 516 g/mol. The van der Waals surface area contributed by atoms with E-state index in [1.165, 1.54) is 39.0 Å². The van der Waals surface area contributed by atoms with Gasteiger partial charge in [0.2, 0.25) is 0 Å². The highest BCUT2D eigenvalue weighted by Gasteiger charge is 2.61. The number of rotatable bonds is 5. The van der Waals surface area contributed by atoms with E-state index in [4.69, 9.17) is 14.2 Å². The van der Waals surface area contributed by atoms with Gasteiger partial charge >= 0.3 is 5.79 Å². The Morgan fingerprint density at radius 1 is 0.881 bits per heavy atom. The van der Waals surface area contributed by atoms with Gasteiger partial charge in [-0.3, -0.25) is 0 Å². The Balaban J connectivity index is 1.14. The molecule has 3 aliphatic carbocycles. The summed E-state index contributed by atoms with van der Waals surface area (Å²) in [6, 6.07) is 17.2. The van der Waals surface area contributed by atoms with Crippen LogP contribution in [0.15, 0.2) is 119 Å². The highest BCUT2D eigenvalue weighted by atomic mass is 16.7. The minimum Gasteiger partial charge on any atom is -0.481 e. The molecule has 2 heterocycles. The third-order valence-corrected chi connectivity index (χ3v) is 10.4. The Hall–Kier alpha value is -3.98. The van der Waals surface area contributed by atoms with Crippen LogP contribution in [0.5, 0.6) is 0 Å². The van der Waals surface area contributed by atoms with Gasteiger partial charge in [-0.25, -0.2) is 0 Å². The molecule has 42 heavy (non-hydrogen) atoms. The first-order valence-electron chi connectivity index (χ1n) is 15.2. The summed E-state index contributed by atoms with van der Waals surface area (Å²) in [6.07, 6.45) is 12.7. The number of ether oxygens (including phenoxy) is 3. The van der Waals surface area contributed by atoms with Crippen LogP contribution in [0.4, 0.5) is 0 Å². The fourth-order valence-corrected chi connectivity index (χ4v) is 7.74. The predicted octanol–water partition coefficient (Wildman–Crippen LogP) is 10.2. The summed E-state index contributed by atoms with van der Waals surface area (Å²) in [5, 5.41) is 0. The van der Waals surface area contributed by atoms with Crippen molar-refractivity contribution in [2.75, 3.05) is 0 Å². The number of allylic oxidation sites excluding steroid dienone is 8. The van der Waals surface area contributed by atoms with Gasteiger partial charge in [0.15, 0.2) is 5.60 Å². The van der Waals surface area contributed by atoms with Gasteiger partial charge in [-0.1, -0.05) is 98.8 Å². The smallest absolute Gasteiger partial charge is 0.305 e. The van der Waals surface area contributed by atoms with Gasteiger partial charge in [0.1, 0.15) is 11.5 Å². The molecule has 0 N–H and O–H groups in total. The van der Waals surface area contributed by atoms with Crippen LogP contribution in [0.1, 0.15) is 89.5 Å². The van der Waals surface area contributed by atoms with Gasteiger partial charge < -0.3 is 14.2 Å². The number of benzene rings is 2. The molecule has 2 aromatic rings. The molecule has 0 fully saturated rings. The molecule has 2 spiro atoms. The SMILES string of the molecule is C=C(C=CC1=C(C)c2ccccc2C12OC(C)=C(C)O2)CCC1=C(C)C(C)(C)C2(O1)C1=C(CCC=C1)c1ccccc12. The van der Waals surface area contributed by atoms with Crippen LogP contribution >= 0.6 is 0 Å². The largest absolute Gasteiger partial charge is 0.481 e. The zero-order valence-corrected chi connectivity index (χ0v) is 25.7. The molecule has 0 saturated carbocycles. The van der Waals surface area contributed by atoms with Crippen LogP contribution in [0, 0.1) is 5.41 Å².